The van der Waals surface area contributed by atoms with Crippen LogP contribution in [0.1, 0.15) is 25.0 Å². The molecule has 0 fully saturated rings. The fourth-order valence-electron chi connectivity index (χ4n) is 3.00. The van der Waals surface area contributed by atoms with Crippen LogP contribution in [0.4, 0.5) is 0 Å². The van der Waals surface area contributed by atoms with E-state index < -0.39 is 11.8 Å². The summed E-state index contributed by atoms with van der Waals surface area (Å²) in [6.07, 6.45) is 2.57. The van der Waals surface area contributed by atoms with Crippen LogP contribution in [0.15, 0.2) is 101 Å². The van der Waals surface area contributed by atoms with Crippen molar-refractivity contribution in [2.24, 2.45) is 10.2 Å². The van der Waals surface area contributed by atoms with Crippen LogP contribution in [0.5, 0.6) is 23.0 Å². The summed E-state index contributed by atoms with van der Waals surface area (Å²) in [6.45, 7) is 3.41. The maximum absolute atomic E-state index is 11.6. The predicted octanol–water partition coefficient (Wildman–Crippen LogP) is 2.53. The molecule has 0 aliphatic rings. The number of ether oxygens (including phenoxy) is 2. The number of aliphatic hydroxyl groups excluding tert-OH is 2. The number of rotatable bonds is 10. The average Bonchev–Trinajstić information content (AvgIpc) is 3.07. The Morgan fingerprint density at radius 3 is 1.45 bits per heavy atom. The second kappa shape index (κ2) is 38.3. The first-order valence-electron chi connectivity index (χ1n) is 14.4. The van der Waals surface area contributed by atoms with E-state index in [1.54, 1.807) is 86.6 Å². The largest absolute Gasteiger partial charge is 2.00 e. The summed E-state index contributed by atoms with van der Waals surface area (Å²) in [4.78, 5) is 23.1. The monoisotopic (exact) mass is 928 g/mol. The van der Waals surface area contributed by atoms with E-state index in [4.69, 9.17) is 54.5 Å². The molecule has 0 aliphatic carbocycles. The summed E-state index contributed by atoms with van der Waals surface area (Å²) in [5, 5.41) is 46.7. The Bertz CT molecular complexity index is 1640. The molecule has 4 rings (SSSR count). The summed E-state index contributed by atoms with van der Waals surface area (Å²) in [6, 6.07) is 24.1. The van der Waals surface area contributed by atoms with Crippen LogP contribution in [-0.2, 0) is 43.7 Å². The SMILES string of the molecule is CCO.CCO.O.O.O=C(COc1ccc(Cl)cc1)N/N=C/c1ccccc1[O-].O=C(COc1ccc(Cl)cc1Cl)N/N=C/c1ccccc1[O-].[Cu+2].[Cu+2].[OH-].[OH-]. The van der Waals surface area contributed by atoms with E-state index in [2.05, 4.69) is 21.1 Å². The smallest absolute Gasteiger partial charge is 0.872 e. The quantitative estimate of drug-likeness (QED) is 0.102. The van der Waals surface area contributed by atoms with E-state index >= 15 is 0 Å². The van der Waals surface area contributed by atoms with Gasteiger partial charge in [0.25, 0.3) is 11.8 Å². The molecule has 0 aliphatic heterocycles. The molecule has 16 nitrogen and oxygen atoms in total. The van der Waals surface area contributed by atoms with Crippen molar-refractivity contribution in [3.63, 3.8) is 0 Å². The topological polar surface area (TPSA) is 311 Å². The number of hydrazone groups is 2. The second-order valence-electron chi connectivity index (χ2n) is 8.90. The molecular weight excluding hydrogens is 890 g/mol. The van der Waals surface area contributed by atoms with E-state index in [9.17, 15) is 19.8 Å². The molecule has 55 heavy (non-hydrogen) atoms. The molecule has 0 spiro atoms. The van der Waals surface area contributed by atoms with E-state index in [0.717, 1.165) is 0 Å². The van der Waals surface area contributed by atoms with Crippen molar-refractivity contribution in [1.29, 1.82) is 0 Å². The summed E-state index contributed by atoms with van der Waals surface area (Å²) in [5.74, 6) is -0.369. The van der Waals surface area contributed by atoms with Crippen molar-refractivity contribution in [3.8, 4) is 23.0 Å². The van der Waals surface area contributed by atoms with Gasteiger partial charge in [0.1, 0.15) is 11.5 Å². The number of hydrogen-bond acceptors (Lipinski definition) is 12. The number of halogens is 3. The Balaban J connectivity index is -0.000000174. The van der Waals surface area contributed by atoms with E-state index in [-0.39, 0.29) is 94.0 Å². The Labute approximate surface area is 354 Å². The number of hydrogen-bond donors (Lipinski definition) is 4. The molecular formula is C34H41Cl3Cu2N4O12. The van der Waals surface area contributed by atoms with E-state index in [1.807, 2.05) is 0 Å². The third-order valence-electron chi connectivity index (χ3n) is 5.06. The third-order valence-corrected chi connectivity index (χ3v) is 5.84. The maximum atomic E-state index is 11.6. The third kappa shape index (κ3) is 29.1. The first-order valence-corrected chi connectivity index (χ1v) is 15.5. The molecule has 312 valence electrons. The molecule has 0 bridgehead atoms. The number of nitrogens with one attached hydrogen (secondary N) is 2. The molecule has 0 aromatic heterocycles. The van der Waals surface area contributed by atoms with Crippen molar-refractivity contribution in [3.05, 3.63) is 117 Å². The molecule has 0 saturated carbocycles. The van der Waals surface area contributed by atoms with Gasteiger partial charge in [-0.15, -0.1) is 0 Å². The fourth-order valence-corrected chi connectivity index (χ4v) is 3.59. The van der Waals surface area contributed by atoms with Gasteiger partial charge in [0.05, 0.1) is 17.5 Å². The van der Waals surface area contributed by atoms with Gasteiger partial charge in [0, 0.05) is 23.3 Å². The van der Waals surface area contributed by atoms with Crippen LogP contribution in [0.3, 0.4) is 0 Å². The first-order chi connectivity index (χ1) is 23.5. The van der Waals surface area contributed by atoms with Gasteiger partial charge < -0.3 is 51.8 Å². The maximum Gasteiger partial charge on any atom is 2.00 e. The molecule has 0 atom stereocenters. The summed E-state index contributed by atoms with van der Waals surface area (Å²) < 4.78 is 10.5. The van der Waals surface area contributed by atoms with Crippen molar-refractivity contribution < 1.29 is 95.5 Å². The Kier molecular flexibility index (Phi) is 43.9. The summed E-state index contributed by atoms with van der Waals surface area (Å²) in [7, 11) is 0. The number of amides is 2. The molecule has 0 heterocycles. The predicted molar refractivity (Wildman–Crippen MR) is 199 cm³/mol. The summed E-state index contributed by atoms with van der Waals surface area (Å²) >= 11 is 17.4. The number of aliphatic hydroxyl groups is 2. The van der Waals surface area contributed by atoms with Gasteiger partial charge in [-0.2, -0.15) is 10.2 Å². The Hall–Kier alpha value is -3.97. The zero-order valence-electron chi connectivity index (χ0n) is 29.0. The molecule has 4 aromatic carbocycles. The van der Waals surface area contributed by atoms with Gasteiger partial charge >= 0.3 is 34.1 Å². The number of benzene rings is 4. The molecule has 10 N–H and O–H groups in total. The first kappa shape index (κ1) is 63.0. The van der Waals surface area contributed by atoms with E-state index in [1.165, 1.54) is 30.6 Å². The average molecular weight is 931 g/mol. The number of para-hydroxylation sites is 2. The van der Waals surface area contributed by atoms with Crippen molar-refractivity contribution in [2.45, 2.75) is 13.8 Å². The van der Waals surface area contributed by atoms with Crippen LogP contribution in [0.2, 0.25) is 15.1 Å². The minimum Gasteiger partial charge on any atom is -0.872 e. The zero-order chi connectivity index (χ0) is 36.4. The second-order valence-corrected chi connectivity index (χ2v) is 10.2. The van der Waals surface area contributed by atoms with Crippen LogP contribution in [-0.4, -0.2) is 82.8 Å². The zero-order valence-corrected chi connectivity index (χ0v) is 33.2. The van der Waals surface area contributed by atoms with Crippen LogP contribution < -0.4 is 30.5 Å². The van der Waals surface area contributed by atoms with Gasteiger partial charge in [0.15, 0.2) is 13.2 Å². The molecule has 0 saturated heterocycles. The number of nitrogens with zero attached hydrogens (tertiary/aromatic N) is 2. The molecule has 4 aromatic rings. The standard InChI is InChI=1S/C15H12Cl2N2O3.C15H13ClN2O3.2C2H6O.2Cu.4H2O/c16-11-5-6-14(12(17)7-11)22-9-15(21)19-18-8-10-3-1-2-4-13(10)20;16-12-5-7-13(8-6-12)21-10-15(20)18-17-9-11-3-1-2-4-14(11)19;2*1-2-3;;;;;;/h1-8,20H,9H2,(H,19,21);1-9,19H,10H2,(H,18,20);2*3H,2H2,1H3;;;4*1H2/q;;;;2*+2;;;;/p-4/b18-8+;17-9+;;;;;;;;. The van der Waals surface area contributed by atoms with Crippen molar-refractivity contribution in [2.75, 3.05) is 26.4 Å². The Morgan fingerprint density at radius 1 is 0.673 bits per heavy atom. The van der Waals surface area contributed by atoms with Crippen LogP contribution >= 0.6 is 34.8 Å². The minimum absolute atomic E-state index is 0. The van der Waals surface area contributed by atoms with Gasteiger partial charge in [-0.05, 0) is 67.4 Å². The van der Waals surface area contributed by atoms with Crippen molar-refractivity contribution >= 4 is 59.0 Å². The number of carbonyl (C=O) groups excluding carboxylic acids is 2. The molecule has 0 unspecified atom stereocenters. The Morgan fingerprint density at radius 2 is 1.05 bits per heavy atom. The molecule has 21 heteroatoms. The number of carbonyl (C=O) groups is 2. The van der Waals surface area contributed by atoms with Gasteiger partial charge in [0.2, 0.25) is 0 Å². The van der Waals surface area contributed by atoms with Gasteiger partial charge in [-0.3, -0.25) is 9.59 Å². The fraction of sp³-hybridized carbons (Fsp3) is 0.176. The van der Waals surface area contributed by atoms with Crippen LogP contribution in [0, 0.1) is 0 Å². The van der Waals surface area contributed by atoms with Gasteiger partial charge in [-0.1, -0.05) is 94.8 Å². The van der Waals surface area contributed by atoms with Crippen LogP contribution in [0.25, 0.3) is 0 Å². The minimum atomic E-state index is -0.481. The van der Waals surface area contributed by atoms with Gasteiger partial charge in [-0.25, -0.2) is 10.9 Å². The molecule has 2 radical (unpaired) electrons. The summed E-state index contributed by atoms with van der Waals surface area (Å²) in [5.41, 5.74) is 5.32. The normalized spacial score (nSPS) is 8.93. The molecule has 2 amide bonds. The van der Waals surface area contributed by atoms with E-state index in [0.29, 0.717) is 37.7 Å². The van der Waals surface area contributed by atoms with Crippen molar-refractivity contribution in [1.82, 2.24) is 10.9 Å².